The van der Waals surface area contributed by atoms with E-state index >= 15 is 0 Å². The molecule has 24 heavy (non-hydrogen) atoms. The Balaban J connectivity index is 1.88. The summed E-state index contributed by atoms with van der Waals surface area (Å²) in [5.74, 6) is -0.183. The fraction of sp³-hybridized carbons (Fsp3) is 0.111. The molecule has 0 atom stereocenters. The molecule has 3 aromatic rings. The lowest BCUT2D eigenvalue weighted by Gasteiger charge is -2.10. The summed E-state index contributed by atoms with van der Waals surface area (Å²) < 4.78 is 2.65. The van der Waals surface area contributed by atoms with E-state index in [1.165, 1.54) is 0 Å². The lowest BCUT2D eigenvalue weighted by molar-refractivity contribution is -0.116. The summed E-state index contributed by atoms with van der Waals surface area (Å²) in [6, 6.07) is 11.0. The quantitative estimate of drug-likeness (QED) is 0.633. The number of carbonyl (C=O) groups is 2. The van der Waals surface area contributed by atoms with Gasteiger partial charge in [0.25, 0.3) is 0 Å². The Labute approximate surface area is 152 Å². The third-order valence-electron chi connectivity index (χ3n) is 3.79. The SMILES string of the molecule is Cc1ccc(Cl)cc1NC(=O)Cn1cc(C=O)c2cc(Br)ccc21. The van der Waals surface area contributed by atoms with Gasteiger partial charge in [0.15, 0.2) is 6.29 Å². The van der Waals surface area contributed by atoms with Crippen molar-refractivity contribution in [2.75, 3.05) is 5.32 Å². The first-order valence-electron chi connectivity index (χ1n) is 7.27. The van der Waals surface area contributed by atoms with E-state index in [9.17, 15) is 9.59 Å². The molecule has 1 heterocycles. The summed E-state index contributed by atoms with van der Waals surface area (Å²) >= 11 is 9.37. The smallest absolute Gasteiger partial charge is 0.244 e. The molecule has 2 aromatic carbocycles. The molecule has 0 unspecified atom stereocenters. The van der Waals surface area contributed by atoms with E-state index < -0.39 is 0 Å². The summed E-state index contributed by atoms with van der Waals surface area (Å²) in [6.45, 7) is 2.01. The second-order valence-corrected chi connectivity index (χ2v) is 6.85. The Kier molecular flexibility index (Phi) is 4.73. The minimum absolute atomic E-state index is 0.109. The average Bonchev–Trinajstić information content (AvgIpc) is 2.87. The van der Waals surface area contributed by atoms with Gasteiger partial charge in [-0.15, -0.1) is 0 Å². The van der Waals surface area contributed by atoms with Gasteiger partial charge in [0.2, 0.25) is 5.91 Å². The number of nitrogens with one attached hydrogen (secondary N) is 1. The Morgan fingerprint density at radius 2 is 2.08 bits per heavy atom. The number of hydrogen-bond acceptors (Lipinski definition) is 2. The summed E-state index contributed by atoms with van der Waals surface area (Å²) in [6.07, 6.45) is 2.48. The first kappa shape index (κ1) is 16.7. The van der Waals surface area contributed by atoms with E-state index in [2.05, 4.69) is 21.2 Å². The fourth-order valence-corrected chi connectivity index (χ4v) is 3.13. The van der Waals surface area contributed by atoms with Crippen LogP contribution in [-0.2, 0) is 11.3 Å². The van der Waals surface area contributed by atoms with Crippen LogP contribution in [0.15, 0.2) is 47.1 Å². The van der Waals surface area contributed by atoms with Crippen molar-refractivity contribution in [2.24, 2.45) is 0 Å². The van der Waals surface area contributed by atoms with Crippen LogP contribution in [0.1, 0.15) is 15.9 Å². The van der Waals surface area contributed by atoms with Gasteiger partial charge in [-0.05, 0) is 42.8 Å². The third-order valence-corrected chi connectivity index (χ3v) is 4.52. The van der Waals surface area contributed by atoms with Crippen LogP contribution >= 0.6 is 27.5 Å². The van der Waals surface area contributed by atoms with Crippen LogP contribution in [0.3, 0.4) is 0 Å². The maximum absolute atomic E-state index is 12.4. The number of aromatic nitrogens is 1. The molecule has 0 saturated heterocycles. The highest BCUT2D eigenvalue weighted by atomic mass is 79.9. The minimum Gasteiger partial charge on any atom is -0.337 e. The molecule has 0 radical (unpaired) electrons. The van der Waals surface area contributed by atoms with Crippen molar-refractivity contribution in [3.05, 3.63) is 63.2 Å². The van der Waals surface area contributed by atoms with Crippen molar-refractivity contribution in [3.63, 3.8) is 0 Å². The fourth-order valence-electron chi connectivity index (χ4n) is 2.59. The van der Waals surface area contributed by atoms with Gasteiger partial charge in [-0.1, -0.05) is 33.6 Å². The first-order valence-corrected chi connectivity index (χ1v) is 8.44. The first-order chi connectivity index (χ1) is 11.5. The monoisotopic (exact) mass is 404 g/mol. The van der Waals surface area contributed by atoms with Crippen molar-refractivity contribution in [1.29, 1.82) is 0 Å². The van der Waals surface area contributed by atoms with E-state index in [4.69, 9.17) is 11.6 Å². The Bertz CT molecular complexity index is 950. The van der Waals surface area contributed by atoms with Gasteiger partial charge in [-0.2, -0.15) is 0 Å². The third kappa shape index (κ3) is 3.37. The van der Waals surface area contributed by atoms with Crippen LogP contribution in [0.5, 0.6) is 0 Å². The topological polar surface area (TPSA) is 51.1 Å². The molecule has 6 heteroatoms. The second-order valence-electron chi connectivity index (χ2n) is 5.50. The summed E-state index contributed by atoms with van der Waals surface area (Å²) in [4.78, 5) is 23.6. The molecule has 0 aliphatic carbocycles. The number of aryl methyl sites for hydroxylation is 1. The van der Waals surface area contributed by atoms with E-state index in [1.807, 2.05) is 31.2 Å². The zero-order chi connectivity index (χ0) is 17.3. The largest absolute Gasteiger partial charge is 0.337 e. The zero-order valence-corrected chi connectivity index (χ0v) is 15.2. The summed E-state index contributed by atoms with van der Waals surface area (Å²) in [5, 5.41) is 4.24. The lowest BCUT2D eigenvalue weighted by Crippen LogP contribution is -2.18. The number of aldehydes is 1. The number of nitrogens with zero attached hydrogens (tertiary/aromatic N) is 1. The van der Waals surface area contributed by atoms with E-state index in [1.54, 1.807) is 22.9 Å². The van der Waals surface area contributed by atoms with Gasteiger partial charge in [-0.25, -0.2) is 0 Å². The molecule has 0 fully saturated rings. The predicted molar refractivity (Wildman–Crippen MR) is 99.8 cm³/mol. The van der Waals surface area contributed by atoms with E-state index in [-0.39, 0.29) is 12.5 Å². The number of carbonyl (C=O) groups excluding carboxylic acids is 2. The van der Waals surface area contributed by atoms with Crippen LogP contribution < -0.4 is 5.32 Å². The van der Waals surface area contributed by atoms with Crippen molar-refractivity contribution in [1.82, 2.24) is 4.57 Å². The maximum Gasteiger partial charge on any atom is 0.244 e. The molecule has 0 spiro atoms. The molecule has 0 aliphatic heterocycles. The van der Waals surface area contributed by atoms with Gasteiger partial charge in [0.1, 0.15) is 6.54 Å². The van der Waals surface area contributed by atoms with Crippen molar-refractivity contribution < 1.29 is 9.59 Å². The van der Waals surface area contributed by atoms with Gasteiger partial charge < -0.3 is 9.88 Å². The van der Waals surface area contributed by atoms with Gasteiger partial charge >= 0.3 is 0 Å². The Morgan fingerprint density at radius 3 is 2.83 bits per heavy atom. The molecular weight excluding hydrogens is 392 g/mol. The number of fused-ring (bicyclic) bond motifs is 1. The molecule has 4 nitrogen and oxygen atoms in total. The van der Waals surface area contributed by atoms with Crippen molar-refractivity contribution in [2.45, 2.75) is 13.5 Å². The van der Waals surface area contributed by atoms with Crippen LogP contribution in [0.25, 0.3) is 10.9 Å². The van der Waals surface area contributed by atoms with Gasteiger partial charge in [0, 0.05) is 37.8 Å². The normalized spacial score (nSPS) is 10.8. The van der Waals surface area contributed by atoms with E-state index in [0.29, 0.717) is 16.3 Å². The average molecular weight is 406 g/mol. The molecule has 122 valence electrons. The molecule has 0 aliphatic rings. The predicted octanol–water partition coefficient (Wildman–Crippen LogP) is 4.82. The minimum atomic E-state index is -0.183. The molecule has 1 aromatic heterocycles. The zero-order valence-electron chi connectivity index (χ0n) is 12.8. The molecule has 1 amide bonds. The number of hydrogen-bond donors (Lipinski definition) is 1. The molecule has 1 N–H and O–H groups in total. The molecule has 0 saturated carbocycles. The summed E-state index contributed by atoms with van der Waals surface area (Å²) in [7, 11) is 0. The Hall–Kier alpha value is -2.11. The highest BCUT2D eigenvalue weighted by Gasteiger charge is 2.12. The summed E-state index contributed by atoms with van der Waals surface area (Å²) in [5.41, 5.74) is 3.00. The number of halogens is 2. The second kappa shape index (κ2) is 6.79. The van der Waals surface area contributed by atoms with Gasteiger partial charge in [0.05, 0.1) is 0 Å². The van der Waals surface area contributed by atoms with Crippen LogP contribution in [0, 0.1) is 6.92 Å². The number of benzene rings is 2. The lowest BCUT2D eigenvalue weighted by atomic mass is 10.2. The van der Waals surface area contributed by atoms with Crippen LogP contribution in [-0.4, -0.2) is 16.8 Å². The standard InChI is InChI=1S/C18H14BrClN2O2/c1-11-2-4-14(20)7-16(11)21-18(24)9-22-8-12(10-23)15-6-13(19)3-5-17(15)22/h2-8,10H,9H2,1H3,(H,21,24). The molecule has 0 bridgehead atoms. The van der Waals surface area contributed by atoms with Crippen LogP contribution in [0.4, 0.5) is 5.69 Å². The van der Waals surface area contributed by atoms with E-state index in [0.717, 1.165) is 27.2 Å². The molecule has 3 rings (SSSR count). The van der Waals surface area contributed by atoms with Crippen molar-refractivity contribution >= 4 is 56.3 Å². The number of rotatable bonds is 4. The molecular formula is C18H14BrClN2O2. The van der Waals surface area contributed by atoms with Crippen molar-refractivity contribution in [3.8, 4) is 0 Å². The van der Waals surface area contributed by atoms with Gasteiger partial charge in [-0.3, -0.25) is 9.59 Å². The Morgan fingerprint density at radius 1 is 1.29 bits per heavy atom. The van der Waals surface area contributed by atoms with Crippen LogP contribution in [0.2, 0.25) is 5.02 Å². The maximum atomic E-state index is 12.4. The number of amides is 1. The highest BCUT2D eigenvalue weighted by molar-refractivity contribution is 9.10. The number of anilines is 1. The highest BCUT2D eigenvalue weighted by Crippen LogP contribution is 2.25.